The zero-order valence-electron chi connectivity index (χ0n) is 16.3. The topological polar surface area (TPSA) is 67.4 Å². The summed E-state index contributed by atoms with van der Waals surface area (Å²) in [5.74, 6) is 0.776. The summed E-state index contributed by atoms with van der Waals surface area (Å²) < 4.78 is 5.70. The first-order valence-electron chi connectivity index (χ1n) is 9.37. The Labute approximate surface area is 161 Å². The van der Waals surface area contributed by atoms with E-state index in [1.54, 1.807) is 13.0 Å². The SMILES string of the molecule is CCC(=O)Nc1ccc(C)c(NC(=O)CCCCOc2cccc(C)c2)c1. The monoisotopic (exact) mass is 368 g/mol. The Kier molecular flexibility index (Phi) is 7.86. The molecule has 2 amide bonds. The third-order valence-corrected chi connectivity index (χ3v) is 4.17. The van der Waals surface area contributed by atoms with E-state index in [4.69, 9.17) is 4.74 Å². The van der Waals surface area contributed by atoms with Crippen LogP contribution in [0.5, 0.6) is 5.75 Å². The second-order valence-corrected chi connectivity index (χ2v) is 6.60. The molecule has 0 fully saturated rings. The molecular formula is C22H28N2O3. The van der Waals surface area contributed by atoms with E-state index in [1.807, 2.05) is 50.2 Å². The van der Waals surface area contributed by atoms with Crippen LogP contribution in [0.4, 0.5) is 11.4 Å². The van der Waals surface area contributed by atoms with E-state index in [-0.39, 0.29) is 11.8 Å². The lowest BCUT2D eigenvalue weighted by atomic mass is 10.1. The van der Waals surface area contributed by atoms with Crippen LogP contribution in [-0.2, 0) is 9.59 Å². The van der Waals surface area contributed by atoms with Crippen LogP contribution in [0.3, 0.4) is 0 Å². The number of benzene rings is 2. The van der Waals surface area contributed by atoms with Crippen LogP contribution in [-0.4, -0.2) is 18.4 Å². The van der Waals surface area contributed by atoms with Gasteiger partial charge in [0.1, 0.15) is 5.75 Å². The maximum absolute atomic E-state index is 12.2. The van der Waals surface area contributed by atoms with Crippen molar-refractivity contribution in [1.29, 1.82) is 0 Å². The van der Waals surface area contributed by atoms with Crippen molar-refractivity contribution >= 4 is 23.2 Å². The molecule has 0 heterocycles. The average molecular weight is 368 g/mol. The van der Waals surface area contributed by atoms with E-state index in [9.17, 15) is 9.59 Å². The van der Waals surface area contributed by atoms with E-state index < -0.39 is 0 Å². The van der Waals surface area contributed by atoms with Crippen molar-refractivity contribution in [2.75, 3.05) is 17.2 Å². The quantitative estimate of drug-likeness (QED) is 0.622. The summed E-state index contributed by atoms with van der Waals surface area (Å²) in [7, 11) is 0. The molecule has 0 saturated heterocycles. The van der Waals surface area contributed by atoms with Gasteiger partial charge in [-0.1, -0.05) is 25.1 Å². The van der Waals surface area contributed by atoms with Crippen LogP contribution in [0.2, 0.25) is 0 Å². The Morgan fingerprint density at radius 2 is 1.78 bits per heavy atom. The van der Waals surface area contributed by atoms with Crippen LogP contribution >= 0.6 is 0 Å². The van der Waals surface area contributed by atoms with Gasteiger partial charge >= 0.3 is 0 Å². The first-order chi connectivity index (χ1) is 13.0. The van der Waals surface area contributed by atoms with E-state index in [2.05, 4.69) is 10.6 Å². The highest BCUT2D eigenvalue weighted by Gasteiger charge is 2.07. The van der Waals surface area contributed by atoms with Gasteiger partial charge in [-0.3, -0.25) is 9.59 Å². The lowest BCUT2D eigenvalue weighted by Gasteiger charge is -2.11. The van der Waals surface area contributed by atoms with Gasteiger partial charge in [0.05, 0.1) is 6.61 Å². The number of anilines is 2. The van der Waals surface area contributed by atoms with Gasteiger partial charge in [0.2, 0.25) is 11.8 Å². The molecule has 27 heavy (non-hydrogen) atoms. The van der Waals surface area contributed by atoms with E-state index in [0.717, 1.165) is 29.8 Å². The Morgan fingerprint density at radius 1 is 0.963 bits per heavy atom. The number of carbonyl (C=O) groups excluding carboxylic acids is 2. The van der Waals surface area contributed by atoms with Gasteiger partial charge in [0.15, 0.2) is 0 Å². The van der Waals surface area contributed by atoms with Gasteiger partial charge in [-0.2, -0.15) is 0 Å². The van der Waals surface area contributed by atoms with Crippen LogP contribution in [0, 0.1) is 13.8 Å². The maximum atomic E-state index is 12.2. The number of ether oxygens (including phenoxy) is 1. The molecule has 0 aliphatic carbocycles. The van der Waals surface area contributed by atoms with Gasteiger partial charge < -0.3 is 15.4 Å². The summed E-state index contributed by atoms with van der Waals surface area (Å²) in [6.07, 6.45) is 2.41. The molecule has 2 rings (SSSR count). The fourth-order valence-corrected chi connectivity index (χ4v) is 2.58. The Morgan fingerprint density at radius 3 is 2.52 bits per heavy atom. The minimum absolute atomic E-state index is 0.0346. The molecule has 0 radical (unpaired) electrons. The molecule has 0 aliphatic rings. The highest BCUT2D eigenvalue weighted by atomic mass is 16.5. The van der Waals surface area contributed by atoms with Crippen molar-refractivity contribution in [3.8, 4) is 5.75 Å². The number of aryl methyl sites for hydroxylation is 2. The molecule has 5 nitrogen and oxygen atoms in total. The van der Waals surface area contributed by atoms with E-state index in [1.165, 1.54) is 5.56 Å². The third-order valence-electron chi connectivity index (χ3n) is 4.17. The summed E-state index contributed by atoms with van der Waals surface area (Å²) >= 11 is 0. The first kappa shape index (κ1) is 20.5. The van der Waals surface area contributed by atoms with Gasteiger partial charge in [0.25, 0.3) is 0 Å². The number of carbonyl (C=O) groups is 2. The highest BCUT2D eigenvalue weighted by Crippen LogP contribution is 2.21. The maximum Gasteiger partial charge on any atom is 0.224 e. The summed E-state index contributed by atoms with van der Waals surface area (Å²) in [5.41, 5.74) is 3.54. The Hall–Kier alpha value is -2.82. The molecule has 2 N–H and O–H groups in total. The molecule has 0 aromatic heterocycles. The Balaban J connectivity index is 1.75. The number of hydrogen-bond acceptors (Lipinski definition) is 3. The van der Waals surface area contributed by atoms with Crippen LogP contribution in [0.25, 0.3) is 0 Å². The van der Waals surface area contributed by atoms with Gasteiger partial charge in [-0.15, -0.1) is 0 Å². The lowest BCUT2D eigenvalue weighted by molar-refractivity contribution is -0.116. The molecule has 2 aromatic carbocycles. The van der Waals surface area contributed by atoms with E-state index in [0.29, 0.717) is 25.1 Å². The highest BCUT2D eigenvalue weighted by molar-refractivity contribution is 5.94. The van der Waals surface area contributed by atoms with Crippen LogP contribution < -0.4 is 15.4 Å². The minimum atomic E-state index is -0.0512. The predicted octanol–water partition coefficient (Wildman–Crippen LogP) is 4.84. The van der Waals surface area contributed by atoms with E-state index >= 15 is 0 Å². The number of unbranched alkanes of at least 4 members (excludes halogenated alkanes) is 1. The molecule has 2 aromatic rings. The lowest BCUT2D eigenvalue weighted by Crippen LogP contribution is -2.14. The second kappa shape index (κ2) is 10.4. The number of amides is 2. The standard InChI is InChI=1S/C22H28N2O3/c1-4-21(25)23-18-12-11-17(3)20(15-18)24-22(26)10-5-6-13-27-19-9-7-8-16(2)14-19/h7-9,11-12,14-15H,4-6,10,13H2,1-3H3,(H,23,25)(H,24,26). The minimum Gasteiger partial charge on any atom is -0.494 e. The summed E-state index contributed by atoms with van der Waals surface area (Å²) in [5, 5.41) is 5.73. The number of nitrogens with one attached hydrogen (secondary N) is 2. The second-order valence-electron chi connectivity index (χ2n) is 6.60. The zero-order valence-corrected chi connectivity index (χ0v) is 16.3. The molecule has 0 bridgehead atoms. The summed E-state index contributed by atoms with van der Waals surface area (Å²) in [6, 6.07) is 13.4. The number of rotatable bonds is 9. The molecule has 0 atom stereocenters. The summed E-state index contributed by atoms with van der Waals surface area (Å²) in [6.45, 7) is 6.35. The summed E-state index contributed by atoms with van der Waals surface area (Å²) in [4.78, 5) is 23.7. The molecule has 0 unspecified atom stereocenters. The van der Waals surface area contributed by atoms with Crippen molar-refractivity contribution < 1.29 is 14.3 Å². The first-order valence-corrected chi connectivity index (χ1v) is 9.37. The fourth-order valence-electron chi connectivity index (χ4n) is 2.58. The molecule has 0 saturated carbocycles. The van der Waals surface area contributed by atoms with Gasteiger partial charge in [-0.25, -0.2) is 0 Å². The van der Waals surface area contributed by atoms with Gasteiger partial charge in [0, 0.05) is 24.2 Å². The Bertz CT molecular complexity index is 787. The molecule has 5 heteroatoms. The fraction of sp³-hybridized carbons (Fsp3) is 0.364. The largest absolute Gasteiger partial charge is 0.494 e. The normalized spacial score (nSPS) is 10.3. The predicted molar refractivity (Wildman–Crippen MR) is 109 cm³/mol. The molecule has 0 spiro atoms. The van der Waals surface area contributed by atoms with Gasteiger partial charge in [-0.05, 0) is 62.1 Å². The van der Waals surface area contributed by atoms with Crippen LogP contribution in [0.15, 0.2) is 42.5 Å². The van der Waals surface area contributed by atoms with Crippen LogP contribution in [0.1, 0.15) is 43.7 Å². The van der Waals surface area contributed by atoms with Crippen molar-refractivity contribution in [3.05, 3.63) is 53.6 Å². The number of hydrogen-bond donors (Lipinski definition) is 2. The zero-order chi connectivity index (χ0) is 19.6. The molecule has 0 aliphatic heterocycles. The average Bonchev–Trinajstić information content (AvgIpc) is 2.64. The van der Waals surface area contributed by atoms with Crippen molar-refractivity contribution in [1.82, 2.24) is 0 Å². The smallest absolute Gasteiger partial charge is 0.224 e. The van der Waals surface area contributed by atoms with Crippen molar-refractivity contribution in [2.45, 2.75) is 46.5 Å². The van der Waals surface area contributed by atoms with Crippen molar-refractivity contribution in [2.24, 2.45) is 0 Å². The molecule has 144 valence electrons. The van der Waals surface area contributed by atoms with Crippen molar-refractivity contribution in [3.63, 3.8) is 0 Å². The third kappa shape index (κ3) is 7.13. The molecular weight excluding hydrogens is 340 g/mol.